The maximum absolute atomic E-state index is 11.8. The summed E-state index contributed by atoms with van der Waals surface area (Å²) in [6, 6.07) is 0. The molecule has 76 valence electrons. The van der Waals surface area contributed by atoms with E-state index in [1.165, 1.54) is 12.8 Å². The molecule has 2 fully saturated rings. The van der Waals surface area contributed by atoms with Crippen molar-refractivity contribution in [3.05, 3.63) is 0 Å². The molecule has 2 unspecified atom stereocenters. The van der Waals surface area contributed by atoms with Gasteiger partial charge in [0.1, 0.15) is 0 Å². The first-order valence-corrected chi connectivity index (χ1v) is 6.30. The molecular formula is C9H17NO2S. The van der Waals surface area contributed by atoms with Crippen LogP contribution in [0.15, 0.2) is 0 Å². The monoisotopic (exact) mass is 203 g/mol. The van der Waals surface area contributed by atoms with Crippen molar-refractivity contribution in [2.45, 2.75) is 31.7 Å². The van der Waals surface area contributed by atoms with Gasteiger partial charge >= 0.3 is 0 Å². The van der Waals surface area contributed by atoms with Gasteiger partial charge in [-0.1, -0.05) is 6.92 Å². The molecule has 2 aliphatic rings. The molecule has 0 aliphatic carbocycles. The molecule has 2 heterocycles. The Balaban J connectivity index is 2.13. The van der Waals surface area contributed by atoms with Gasteiger partial charge in [-0.05, 0) is 19.3 Å². The molecule has 0 saturated carbocycles. The lowest BCUT2D eigenvalue weighted by Gasteiger charge is -2.31. The summed E-state index contributed by atoms with van der Waals surface area (Å²) in [4.78, 5) is 0. The van der Waals surface area contributed by atoms with E-state index in [0.717, 1.165) is 31.9 Å². The number of rotatable bonds is 2. The molecule has 2 atom stereocenters. The van der Waals surface area contributed by atoms with E-state index >= 15 is 0 Å². The summed E-state index contributed by atoms with van der Waals surface area (Å²) in [7, 11) is -0.778. The Bertz CT molecular complexity index is 208. The molecule has 0 aromatic heterocycles. The maximum Gasteiger partial charge on any atom is 0.0945 e. The molecule has 2 aliphatic heterocycles. The van der Waals surface area contributed by atoms with Crippen molar-refractivity contribution in [2.75, 3.05) is 25.5 Å². The zero-order chi connectivity index (χ0) is 9.31. The van der Waals surface area contributed by atoms with Gasteiger partial charge in [-0.15, -0.1) is 0 Å². The summed E-state index contributed by atoms with van der Waals surface area (Å²) in [5, 5.41) is 0. The summed E-state index contributed by atoms with van der Waals surface area (Å²) in [5.41, 5.74) is 0.140. The molecule has 0 N–H and O–H groups in total. The molecule has 4 heteroatoms. The van der Waals surface area contributed by atoms with Crippen LogP contribution in [0.1, 0.15) is 26.2 Å². The van der Waals surface area contributed by atoms with Gasteiger partial charge in [-0.25, -0.2) is 8.51 Å². The Morgan fingerprint density at radius 1 is 1.54 bits per heavy atom. The Morgan fingerprint density at radius 2 is 2.38 bits per heavy atom. The van der Waals surface area contributed by atoms with E-state index in [9.17, 15) is 4.21 Å². The molecule has 3 nitrogen and oxygen atoms in total. The molecule has 2 saturated heterocycles. The predicted molar refractivity (Wildman–Crippen MR) is 52.8 cm³/mol. The van der Waals surface area contributed by atoms with Gasteiger partial charge in [-0.3, -0.25) is 0 Å². The number of hydrogen-bond acceptors (Lipinski definition) is 2. The molecule has 1 spiro atoms. The van der Waals surface area contributed by atoms with Crippen molar-refractivity contribution in [3.8, 4) is 0 Å². The molecular weight excluding hydrogens is 186 g/mol. The minimum absolute atomic E-state index is 0.140. The van der Waals surface area contributed by atoms with Crippen LogP contribution >= 0.6 is 0 Å². The third-order valence-corrected chi connectivity index (χ3v) is 4.66. The van der Waals surface area contributed by atoms with Gasteiger partial charge in [0.15, 0.2) is 0 Å². The smallest absolute Gasteiger partial charge is 0.0945 e. The van der Waals surface area contributed by atoms with Crippen LogP contribution in [0, 0.1) is 0 Å². The fraction of sp³-hybridized carbons (Fsp3) is 1.00. The van der Waals surface area contributed by atoms with Crippen molar-refractivity contribution in [3.63, 3.8) is 0 Å². The summed E-state index contributed by atoms with van der Waals surface area (Å²) < 4.78 is 19.4. The van der Waals surface area contributed by atoms with E-state index in [2.05, 4.69) is 4.31 Å². The Kier molecular flexibility index (Phi) is 2.72. The second-order valence-corrected chi connectivity index (χ2v) is 5.50. The van der Waals surface area contributed by atoms with Gasteiger partial charge in [0.25, 0.3) is 0 Å². The molecule has 0 amide bonds. The topological polar surface area (TPSA) is 29.5 Å². The Hall–Kier alpha value is 0.0700. The third kappa shape index (κ3) is 1.55. The highest BCUT2D eigenvalue weighted by atomic mass is 32.2. The van der Waals surface area contributed by atoms with Crippen LogP contribution in [0.2, 0.25) is 0 Å². The zero-order valence-corrected chi connectivity index (χ0v) is 8.94. The highest BCUT2D eigenvalue weighted by Crippen LogP contribution is 2.37. The van der Waals surface area contributed by atoms with Gasteiger partial charge < -0.3 is 4.74 Å². The molecule has 0 aromatic carbocycles. The van der Waals surface area contributed by atoms with Gasteiger partial charge in [0.05, 0.1) is 23.1 Å². The third-order valence-electron chi connectivity index (χ3n) is 3.11. The fourth-order valence-electron chi connectivity index (χ4n) is 2.38. The van der Waals surface area contributed by atoms with Crippen LogP contribution in [0.3, 0.4) is 0 Å². The quantitative estimate of drug-likeness (QED) is 0.668. The van der Waals surface area contributed by atoms with Crippen molar-refractivity contribution in [1.82, 2.24) is 4.31 Å². The SMILES string of the molecule is CCS(=O)N1CCCC12CCOC2. The highest BCUT2D eigenvalue weighted by Gasteiger charge is 2.46. The van der Waals surface area contributed by atoms with Crippen LogP contribution in [0.4, 0.5) is 0 Å². The van der Waals surface area contributed by atoms with E-state index in [-0.39, 0.29) is 5.54 Å². The first-order chi connectivity index (χ1) is 6.28. The molecule has 0 bridgehead atoms. The minimum atomic E-state index is -0.778. The van der Waals surface area contributed by atoms with Crippen molar-refractivity contribution < 1.29 is 8.95 Å². The van der Waals surface area contributed by atoms with Crippen LogP contribution in [0.25, 0.3) is 0 Å². The lowest BCUT2D eigenvalue weighted by molar-refractivity contribution is 0.149. The van der Waals surface area contributed by atoms with Crippen molar-refractivity contribution in [1.29, 1.82) is 0 Å². The average Bonchev–Trinajstić information content (AvgIpc) is 2.76. The van der Waals surface area contributed by atoms with Crippen molar-refractivity contribution in [2.24, 2.45) is 0 Å². The summed E-state index contributed by atoms with van der Waals surface area (Å²) in [6.07, 6.45) is 3.41. The average molecular weight is 203 g/mol. The van der Waals surface area contributed by atoms with E-state index in [0.29, 0.717) is 0 Å². The normalized spacial score (nSPS) is 37.3. The summed E-state index contributed by atoms with van der Waals surface area (Å²) in [6.45, 7) is 4.61. The molecule has 2 rings (SSSR count). The van der Waals surface area contributed by atoms with E-state index in [1.54, 1.807) is 0 Å². The molecule has 0 radical (unpaired) electrons. The second-order valence-electron chi connectivity index (χ2n) is 3.84. The van der Waals surface area contributed by atoms with Crippen LogP contribution in [-0.2, 0) is 15.7 Å². The van der Waals surface area contributed by atoms with E-state index < -0.39 is 11.0 Å². The first kappa shape index (κ1) is 9.62. The fourth-order valence-corrected chi connectivity index (χ4v) is 3.69. The molecule has 0 aromatic rings. The number of hydrogen-bond donors (Lipinski definition) is 0. The van der Waals surface area contributed by atoms with Crippen LogP contribution in [-0.4, -0.2) is 39.6 Å². The second kappa shape index (κ2) is 3.67. The zero-order valence-electron chi connectivity index (χ0n) is 8.12. The van der Waals surface area contributed by atoms with Crippen LogP contribution in [0.5, 0.6) is 0 Å². The minimum Gasteiger partial charge on any atom is -0.379 e. The van der Waals surface area contributed by atoms with Gasteiger partial charge in [0, 0.05) is 18.9 Å². The Morgan fingerprint density at radius 3 is 3.00 bits per heavy atom. The van der Waals surface area contributed by atoms with E-state index in [4.69, 9.17) is 4.74 Å². The van der Waals surface area contributed by atoms with Crippen molar-refractivity contribution >= 4 is 11.0 Å². The van der Waals surface area contributed by atoms with Gasteiger partial charge in [0.2, 0.25) is 0 Å². The Labute approximate surface area is 82.0 Å². The summed E-state index contributed by atoms with van der Waals surface area (Å²) in [5.74, 6) is 0.738. The summed E-state index contributed by atoms with van der Waals surface area (Å²) >= 11 is 0. The standard InChI is InChI=1S/C9H17NO2S/c1-2-13(11)10-6-3-4-9(10)5-7-12-8-9/h2-8H2,1H3. The predicted octanol–water partition coefficient (Wildman–Crippen LogP) is 0.925. The number of ether oxygens (including phenoxy) is 1. The lowest BCUT2D eigenvalue weighted by Crippen LogP contribution is -2.45. The maximum atomic E-state index is 11.8. The van der Waals surface area contributed by atoms with Gasteiger partial charge in [-0.2, -0.15) is 0 Å². The largest absolute Gasteiger partial charge is 0.379 e. The lowest BCUT2D eigenvalue weighted by atomic mass is 9.97. The van der Waals surface area contributed by atoms with E-state index in [1.807, 2.05) is 6.92 Å². The highest BCUT2D eigenvalue weighted by molar-refractivity contribution is 7.82. The van der Waals surface area contributed by atoms with Crippen LogP contribution < -0.4 is 0 Å². The first-order valence-electron chi connectivity index (χ1n) is 5.02. The number of nitrogens with zero attached hydrogens (tertiary/aromatic N) is 1. The molecule has 13 heavy (non-hydrogen) atoms.